The fourth-order valence-electron chi connectivity index (χ4n) is 2.47. The van der Waals surface area contributed by atoms with Gasteiger partial charge in [0.25, 0.3) is 0 Å². The van der Waals surface area contributed by atoms with E-state index in [-0.39, 0.29) is 0 Å². The maximum Gasteiger partial charge on any atom is 0.131 e. The van der Waals surface area contributed by atoms with E-state index in [4.69, 9.17) is 4.98 Å². The Hall–Kier alpha value is -1.74. The van der Waals surface area contributed by atoms with Gasteiger partial charge in [-0.05, 0) is 25.1 Å². The van der Waals surface area contributed by atoms with Crippen LogP contribution in [-0.2, 0) is 6.42 Å². The van der Waals surface area contributed by atoms with E-state index in [9.17, 15) is 0 Å². The highest BCUT2D eigenvalue weighted by Gasteiger charge is 2.13. The lowest BCUT2D eigenvalue weighted by Gasteiger charge is -2.19. The number of aryl methyl sites for hydroxylation is 1. The molecule has 2 aromatic rings. The minimum Gasteiger partial charge on any atom is -0.310 e. The molecule has 0 spiro atoms. The second-order valence-corrected chi connectivity index (χ2v) is 5.74. The van der Waals surface area contributed by atoms with Crippen molar-refractivity contribution in [3.63, 3.8) is 0 Å². The normalized spacial score (nSPS) is 12.6. The van der Waals surface area contributed by atoms with Gasteiger partial charge in [0.2, 0.25) is 0 Å². The van der Waals surface area contributed by atoms with E-state index in [2.05, 4.69) is 67.5 Å². The Morgan fingerprint density at radius 1 is 1.10 bits per heavy atom. The zero-order valence-corrected chi connectivity index (χ0v) is 13.4. The largest absolute Gasteiger partial charge is 0.310 e. The number of nitrogens with zero attached hydrogens (tertiary/aromatic N) is 2. The lowest BCUT2D eigenvalue weighted by Crippen LogP contribution is -2.23. The van der Waals surface area contributed by atoms with Crippen LogP contribution in [0, 0.1) is 6.92 Å². The van der Waals surface area contributed by atoms with Crippen LogP contribution in [0.3, 0.4) is 0 Å². The van der Waals surface area contributed by atoms with Gasteiger partial charge in [-0.15, -0.1) is 0 Å². The van der Waals surface area contributed by atoms with Gasteiger partial charge in [0, 0.05) is 29.8 Å². The van der Waals surface area contributed by atoms with Crippen molar-refractivity contribution in [1.29, 1.82) is 0 Å². The molecule has 112 valence electrons. The Bertz CT molecular complexity index is 564. The molecule has 1 aromatic heterocycles. The van der Waals surface area contributed by atoms with E-state index >= 15 is 0 Å². The predicted octanol–water partition coefficient (Wildman–Crippen LogP) is 3.80. The molecule has 0 radical (unpaired) electrons. The summed E-state index contributed by atoms with van der Waals surface area (Å²) < 4.78 is 0. The quantitative estimate of drug-likeness (QED) is 0.876. The molecular formula is C18H25N3. The molecule has 0 bridgehead atoms. The van der Waals surface area contributed by atoms with Crippen LogP contribution in [0.15, 0.2) is 36.4 Å². The zero-order valence-electron chi connectivity index (χ0n) is 13.4. The zero-order chi connectivity index (χ0) is 15.2. The summed E-state index contributed by atoms with van der Waals surface area (Å²) in [4.78, 5) is 9.26. The van der Waals surface area contributed by atoms with Crippen molar-refractivity contribution in [2.75, 3.05) is 6.54 Å². The Morgan fingerprint density at radius 2 is 1.81 bits per heavy atom. The van der Waals surface area contributed by atoms with Crippen LogP contribution in [0.1, 0.15) is 55.5 Å². The third-order valence-corrected chi connectivity index (χ3v) is 3.51. The molecule has 1 aromatic carbocycles. The maximum atomic E-state index is 4.73. The Balaban J connectivity index is 2.25. The molecule has 0 saturated carbocycles. The first kappa shape index (κ1) is 15.6. The monoisotopic (exact) mass is 283 g/mol. The highest BCUT2D eigenvalue weighted by Crippen LogP contribution is 2.19. The molecule has 1 atom stereocenters. The fraction of sp³-hybridized carbons (Fsp3) is 0.444. The maximum absolute atomic E-state index is 4.73. The lowest BCUT2D eigenvalue weighted by atomic mass is 10.0. The van der Waals surface area contributed by atoms with Gasteiger partial charge in [-0.1, -0.05) is 51.1 Å². The number of likely N-dealkylation sites (N-methyl/N-ethyl adjacent to an activating group) is 1. The molecule has 1 unspecified atom stereocenters. The van der Waals surface area contributed by atoms with Crippen molar-refractivity contribution in [2.45, 2.75) is 46.1 Å². The molecule has 3 heteroatoms. The minimum atomic E-state index is 0.297. The Morgan fingerprint density at radius 3 is 2.43 bits per heavy atom. The summed E-state index contributed by atoms with van der Waals surface area (Å²) in [7, 11) is 0. The smallest absolute Gasteiger partial charge is 0.131 e. The molecule has 0 saturated heterocycles. The van der Waals surface area contributed by atoms with E-state index in [1.807, 2.05) is 6.92 Å². The van der Waals surface area contributed by atoms with Crippen LogP contribution < -0.4 is 5.32 Å². The molecule has 0 aliphatic carbocycles. The number of benzene rings is 1. The molecule has 2 rings (SSSR count). The van der Waals surface area contributed by atoms with Crippen LogP contribution in [-0.4, -0.2) is 16.5 Å². The summed E-state index contributed by atoms with van der Waals surface area (Å²) in [5, 5.41) is 3.56. The molecule has 0 aliphatic rings. The summed E-state index contributed by atoms with van der Waals surface area (Å²) >= 11 is 0. The molecule has 3 nitrogen and oxygen atoms in total. The third-order valence-electron chi connectivity index (χ3n) is 3.51. The van der Waals surface area contributed by atoms with E-state index < -0.39 is 0 Å². The second kappa shape index (κ2) is 7.32. The average molecular weight is 283 g/mol. The number of aromatic nitrogens is 2. The van der Waals surface area contributed by atoms with Gasteiger partial charge in [-0.3, -0.25) is 0 Å². The highest BCUT2D eigenvalue weighted by atomic mass is 14.9. The summed E-state index contributed by atoms with van der Waals surface area (Å²) in [6.45, 7) is 9.40. The van der Waals surface area contributed by atoms with Crippen molar-refractivity contribution in [3.8, 4) is 0 Å². The summed E-state index contributed by atoms with van der Waals surface area (Å²) in [5.41, 5.74) is 3.47. The molecule has 1 N–H and O–H groups in total. The van der Waals surface area contributed by atoms with Crippen LogP contribution in [0.4, 0.5) is 0 Å². The highest BCUT2D eigenvalue weighted by molar-refractivity contribution is 5.22. The molecule has 21 heavy (non-hydrogen) atoms. The van der Waals surface area contributed by atoms with Gasteiger partial charge in [-0.2, -0.15) is 0 Å². The average Bonchev–Trinajstić information content (AvgIpc) is 2.47. The molecular weight excluding hydrogens is 258 g/mol. The fourth-order valence-corrected chi connectivity index (χ4v) is 2.47. The molecule has 1 heterocycles. The van der Waals surface area contributed by atoms with Crippen LogP contribution in [0.5, 0.6) is 0 Å². The standard InChI is InChI=1S/C18H25N3/c1-5-19-17(15-9-7-6-8-10-15)12-16-11-14(4)20-18(21-16)13(2)3/h6-11,13,17,19H,5,12H2,1-4H3. The lowest BCUT2D eigenvalue weighted by molar-refractivity contribution is 0.541. The van der Waals surface area contributed by atoms with Crippen LogP contribution in [0.2, 0.25) is 0 Å². The SMILES string of the molecule is CCNC(Cc1cc(C)nc(C(C)C)n1)c1ccccc1. The second-order valence-electron chi connectivity index (χ2n) is 5.74. The van der Waals surface area contributed by atoms with Gasteiger partial charge >= 0.3 is 0 Å². The summed E-state index contributed by atoms with van der Waals surface area (Å²) in [6.07, 6.45) is 0.890. The minimum absolute atomic E-state index is 0.297. The van der Waals surface area contributed by atoms with Crippen molar-refractivity contribution >= 4 is 0 Å². The van der Waals surface area contributed by atoms with E-state index in [1.54, 1.807) is 0 Å². The molecule has 0 fully saturated rings. The van der Waals surface area contributed by atoms with Crippen molar-refractivity contribution in [3.05, 3.63) is 59.2 Å². The first-order valence-electron chi connectivity index (χ1n) is 7.73. The van der Waals surface area contributed by atoms with Gasteiger partial charge in [-0.25, -0.2) is 9.97 Å². The summed E-state index contributed by atoms with van der Waals surface area (Å²) in [5.74, 6) is 1.30. The van der Waals surface area contributed by atoms with E-state index in [0.29, 0.717) is 12.0 Å². The predicted molar refractivity (Wildman–Crippen MR) is 87.4 cm³/mol. The van der Waals surface area contributed by atoms with E-state index in [0.717, 1.165) is 30.2 Å². The Kier molecular flexibility index (Phi) is 5.45. The van der Waals surface area contributed by atoms with Crippen LogP contribution in [0.25, 0.3) is 0 Å². The number of hydrogen-bond acceptors (Lipinski definition) is 3. The first-order valence-corrected chi connectivity index (χ1v) is 7.73. The van der Waals surface area contributed by atoms with Crippen molar-refractivity contribution in [2.24, 2.45) is 0 Å². The number of nitrogens with one attached hydrogen (secondary N) is 1. The number of rotatable bonds is 6. The molecule has 0 aliphatic heterocycles. The van der Waals surface area contributed by atoms with Gasteiger partial charge in [0.15, 0.2) is 0 Å². The first-order chi connectivity index (χ1) is 10.1. The van der Waals surface area contributed by atoms with Gasteiger partial charge < -0.3 is 5.32 Å². The van der Waals surface area contributed by atoms with E-state index in [1.165, 1.54) is 5.56 Å². The number of hydrogen-bond donors (Lipinski definition) is 1. The topological polar surface area (TPSA) is 37.8 Å². The Labute approximate surface area is 127 Å². The van der Waals surface area contributed by atoms with Crippen LogP contribution >= 0.6 is 0 Å². The van der Waals surface area contributed by atoms with Crippen molar-refractivity contribution in [1.82, 2.24) is 15.3 Å². The van der Waals surface area contributed by atoms with Crippen molar-refractivity contribution < 1.29 is 0 Å². The summed E-state index contributed by atoms with van der Waals surface area (Å²) in [6, 6.07) is 13.0. The third kappa shape index (κ3) is 4.36. The van der Waals surface area contributed by atoms with Gasteiger partial charge in [0.05, 0.1) is 0 Å². The van der Waals surface area contributed by atoms with Gasteiger partial charge in [0.1, 0.15) is 5.82 Å². The molecule has 0 amide bonds.